The van der Waals surface area contributed by atoms with Crippen molar-refractivity contribution in [2.24, 2.45) is 11.3 Å². The van der Waals surface area contributed by atoms with Crippen molar-refractivity contribution in [2.45, 2.75) is 51.0 Å². The molecule has 0 atom stereocenters. The van der Waals surface area contributed by atoms with Crippen LogP contribution in [0.15, 0.2) is 54.6 Å². The van der Waals surface area contributed by atoms with Crippen molar-refractivity contribution >= 4 is 0 Å². The minimum atomic E-state index is 0.331. The van der Waals surface area contributed by atoms with Gasteiger partial charge in [-0.1, -0.05) is 42.5 Å². The van der Waals surface area contributed by atoms with Gasteiger partial charge in [-0.25, -0.2) is 0 Å². The summed E-state index contributed by atoms with van der Waals surface area (Å²) in [5.74, 6) is 1.95. The highest BCUT2D eigenvalue weighted by molar-refractivity contribution is 5.30. The van der Waals surface area contributed by atoms with Crippen LogP contribution in [0.2, 0.25) is 0 Å². The zero-order valence-corrected chi connectivity index (χ0v) is 14.7. The van der Waals surface area contributed by atoms with Gasteiger partial charge in [0, 0.05) is 5.92 Å². The Kier molecular flexibility index (Phi) is 4.49. The van der Waals surface area contributed by atoms with Crippen LogP contribution in [0, 0.1) is 22.7 Å². The average Bonchev–Trinajstić information content (AvgIpc) is 2.66. The van der Waals surface area contributed by atoms with Gasteiger partial charge in [0.25, 0.3) is 0 Å². The average molecular weight is 331 g/mol. The number of hydrogen-bond donors (Lipinski definition) is 0. The lowest BCUT2D eigenvalue weighted by atomic mass is 9.54. The molecule has 2 aliphatic carbocycles. The first-order valence-electron chi connectivity index (χ1n) is 9.43. The number of benzene rings is 2. The van der Waals surface area contributed by atoms with E-state index in [9.17, 15) is 0 Å². The molecule has 2 aromatic carbocycles. The number of rotatable bonds is 4. The Labute approximate surface area is 150 Å². The van der Waals surface area contributed by atoms with Crippen molar-refractivity contribution in [2.75, 3.05) is 0 Å². The van der Waals surface area contributed by atoms with E-state index in [1.807, 2.05) is 18.2 Å². The molecule has 0 bridgehead atoms. The highest BCUT2D eigenvalue weighted by Gasteiger charge is 2.46. The van der Waals surface area contributed by atoms with Crippen molar-refractivity contribution in [3.63, 3.8) is 0 Å². The van der Waals surface area contributed by atoms with Gasteiger partial charge in [-0.05, 0) is 73.1 Å². The summed E-state index contributed by atoms with van der Waals surface area (Å²) in [6.45, 7) is 0.617. The first kappa shape index (κ1) is 16.2. The van der Waals surface area contributed by atoms with Gasteiger partial charge in [-0.3, -0.25) is 0 Å². The molecule has 0 amide bonds. The van der Waals surface area contributed by atoms with Gasteiger partial charge in [0.2, 0.25) is 0 Å². The molecule has 128 valence electrons. The molecule has 2 aromatic rings. The predicted molar refractivity (Wildman–Crippen MR) is 99.2 cm³/mol. The maximum Gasteiger partial charge on any atom is 0.119 e. The molecule has 2 nitrogen and oxygen atoms in total. The molecule has 4 rings (SSSR count). The van der Waals surface area contributed by atoms with E-state index in [0.717, 1.165) is 18.6 Å². The van der Waals surface area contributed by atoms with Crippen LogP contribution in [0.1, 0.15) is 55.6 Å². The fourth-order valence-corrected chi connectivity index (χ4v) is 4.63. The van der Waals surface area contributed by atoms with E-state index < -0.39 is 0 Å². The molecule has 0 unspecified atom stereocenters. The van der Waals surface area contributed by atoms with Crippen molar-refractivity contribution < 1.29 is 4.74 Å². The van der Waals surface area contributed by atoms with Crippen LogP contribution < -0.4 is 4.74 Å². The zero-order valence-electron chi connectivity index (χ0n) is 14.7. The normalized spacial score (nSPS) is 28.1. The molecule has 2 heteroatoms. The molecule has 2 aliphatic rings. The van der Waals surface area contributed by atoms with Gasteiger partial charge < -0.3 is 4.74 Å². The van der Waals surface area contributed by atoms with Gasteiger partial charge in [0.1, 0.15) is 12.4 Å². The fraction of sp³-hybridized carbons (Fsp3) is 0.435. The van der Waals surface area contributed by atoms with Crippen LogP contribution in [0.25, 0.3) is 0 Å². The van der Waals surface area contributed by atoms with Crippen molar-refractivity contribution in [1.82, 2.24) is 0 Å². The number of hydrogen-bond acceptors (Lipinski definition) is 2. The number of nitrogens with zero attached hydrogens (tertiary/aromatic N) is 1. The largest absolute Gasteiger partial charge is 0.489 e. The topological polar surface area (TPSA) is 33.0 Å². The monoisotopic (exact) mass is 331 g/mol. The minimum Gasteiger partial charge on any atom is -0.489 e. The molecule has 0 aliphatic heterocycles. The van der Waals surface area contributed by atoms with E-state index in [4.69, 9.17) is 10.00 Å². The lowest BCUT2D eigenvalue weighted by molar-refractivity contribution is 0.0349. The lowest BCUT2D eigenvalue weighted by Gasteiger charge is -2.49. The third kappa shape index (κ3) is 3.56. The maximum absolute atomic E-state index is 9.01. The van der Waals surface area contributed by atoms with E-state index in [2.05, 4.69) is 42.5 Å². The molecule has 2 saturated carbocycles. The number of ether oxygens (including phenoxy) is 1. The van der Waals surface area contributed by atoms with Crippen LogP contribution in [0.5, 0.6) is 5.75 Å². The van der Waals surface area contributed by atoms with Crippen molar-refractivity contribution in [3.8, 4) is 11.8 Å². The van der Waals surface area contributed by atoms with E-state index in [0.29, 0.717) is 23.9 Å². The summed E-state index contributed by atoms with van der Waals surface area (Å²) in [7, 11) is 0. The van der Waals surface area contributed by atoms with Gasteiger partial charge in [0.05, 0.1) is 6.07 Å². The molecule has 25 heavy (non-hydrogen) atoms. The van der Waals surface area contributed by atoms with Crippen LogP contribution in [0.4, 0.5) is 0 Å². The molecular weight excluding hydrogens is 306 g/mol. The minimum absolute atomic E-state index is 0.331. The molecule has 2 fully saturated rings. The molecule has 0 N–H and O–H groups in total. The molecule has 0 radical (unpaired) electrons. The summed E-state index contributed by atoms with van der Waals surface area (Å²) in [6, 6.07) is 21.4. The van der Waals surface area contributed by atoms with Crippen LogP contribution >= 0.6 is 0 Å². The standard InChI is InChI=1S/C23H25NO/c24-16-19-14-23(15-19)12-10-21(11-13-23)20-6-8-22(9-7-20)25-17-18-4-2-1-3-5-18/h1-9,19,21H,10-15,17H2. The second kappa shape index (κ2) is 6.92. The summed E-state index contributed by atoms with van der Waals surface area (Å²) >= 11 is 0. The van der Waals surface area contributed by atoms with Gasteiger partial charge >= 0.3 is 0 Å². The summed E-state index contributed by atoms with van der Waals surface area (Å²) in [5, 5.41) is 9.01. The zero-order chi connectivity index (χ0) is 17.1. The first-order valence-corrected chi connectivity index (χ1v) is 9.43. The Morgan fingerprint density at radius 1 is 0.960 bits per heavy atom. The smallest absolute Gasteiger partial charge is 0.119 e. The molecule has 0 aromatic heterocycles. The highest BCUT2D eigenvalue weighted by Crippen LogP contribution is 2.56. The van der Waals surface area contributed by atoms with Crippen molar-refractivity contribution in [1.29, 1.82) is 5.26 Å². The third-order valence-corrected chi connectivity index (χ3v) is 6.19. The molecular formula is C23H25NO. The summed E-state index contributed by atoms with van der Waals surface area (Å²) in [4.78, 5) is 0. The van der Waals surface area contributed by atoms with Crippen LogP contribution in [-0.4, -0.2) is 0 Å². The first-order chi connectivity index (χ1) is 12.3. The van der Waals surface area contributed by atoms with Crippen molar-refractivity contribution in [3.05, 3.63) is 65.7 Å². The Hall–Kier alpha value is -2.27. The Balaban J connectivity index is 1.30. The Morgan fingerprint density at radius 2 is 1.64 bits per heavy atom. The fourth-order valence-electron chi connectivity index (χ4n) is 4.63. The lowest BCUT2D eigenvalue weighted by Crippen LogP contribution is -2.39. The SMILES string of the molecule is N#CC1CC2(CCC(c3ccc(OCc4ccccc4)cc3)CC2)C1. The summed E-state index contributed by atoms with van der Waals surface area (Å²) in [5.41, 5.74) is 3.15. The summed E-state index contributed by atoms with van der Waals surface area (Å²) in [6.07, 6.45) is 7.40. The van der Waals surface area contributed by atoms with E-state index >= 15 is 0 Å². The highest BCUT2D eigenvalue weighted by atomic mass is 16.5. The molecule has 1 spiro atoms. The Morgan fingerprint density at radius 3 is 2.28 bits per heavy atom. The van der Waals surface area contributed by atoms with Crippen LogP contribution in [0.3, 0.4) is 0 Å². The number of nitriles is 1. The van der Waals surface area contributed by atoms with Gasteiger partial charge in [-0.2, -0.15) is 5.26 Å². The Bertz CT molecular complexity index is 728. The van der Waals surface area contributed by atoms with Gasteiger partial charge in [-0.15, -0.1) is 0 Å². The maximum atomic E-state index is 9.01. The summed E-state index contributed by atoms with van der Waals surface area (Å²) < 4.78 is 5.89. The van der Waals surface area contributed by atoms with E-state index in [-0.39, 0.29) is 0 Å². The molecule has 0 saturated heterocycles. The predicted octanol–water partition coefficient (Wildman–Crippen LogP) is 5.84. The second-order valence-corrected chi connectivity index (χ2v) is 7.85. The van der Waals surface area contributed by atoms with E-state index in [1.54, 1.807) is 0 Å². The quantitative estimate of drug-likeness (QED) is 0.704. The second-order valence-electron chi connectivity index (χ2n) is 7.85. The molecule has 0 heterocycles. The van der Waals surface area contributed by atoms with E-state index in [1.165, 1.54) is 36.8 Å². The van der Waals surface area contributed by atoms with Crippen LogP contribution in [-0.2, 0) is 6.61 Å². The third-order valence-electron chi connectivity index (χ3n) is 6.19. The van der Waals surface area contributed by atoms with Gasteiger partial charge in [0.15, 0.2) is 0 Å².